The first-order valence-electron chi connectivity index (χ1n) is 7.67. The van der Waals surface area contributed by atoms with Crippen LogP contribution in [0.4, 0.5) is 5.69 Å². The van der Waals surface area contributed by atoms with Crippen LogP contribution in [-0.2, 0) is 6.54 Å². The van der Waals surface area contributed by atoms with E-state index in [0.717, 1.165) is 36.5 Å². The fourth-order valence-corrected chi connectivity index (χ4v) is 2.86. The maximum absolute atomic E-state index is 6.16. The summed E-state index contributed by atoms with van der Waals surface area (Å²) in [5, 5.41) is 4.34. The fraction of sp³-hybridized carbons (Fsp3) is 0.647. The molecule has 112 valence electrons. The van der Waals surface area contributed by atoms with Crippen molar-refractivity contribution < 1.29 is 0 Å². The van der Waals surface area contributed by atoms with Gasteiger partial charge in [0.15, 0.2) is 0 Å². The minimum absolute atomic E-state index is 0.669. The summed E-state index contributed by atoms with van der Waals surface area (Å²) in [5.41, 5.74) is 2.61. The van der Waals surface area contributed by atoms with Crippen LogP contribution in [0.1, 0.15) is 32.8 Å². The Morgan fingerprint density at radius 2 is 2.10 bits per heavy atom. The highest BCUT2D eigenvalue weighted by atomic mass is 35.5. The molecular weight excluding hydrogens is 268 g/mol. The van der Waals surface area contributed by atoms with Gasteiger partial charge < -0.3 is 10.2 Å². The number of nitrogens with zero attached hydrogens (tertiary/aromatic N) is 1. The van der Waals surface area contributed by atoms with E-state index in [1.54, 1.807) is 0 Å². The second-order valence-corrected chi connectivity index (χ2v) is 7.09. The molecule has 0 spiro atoms. The van der Waals surface area contributed by atoms with E-state index in [1.807, 2.05) is 6.07 Å². The van der Waals surface area contributed by atoms with Crippen LogP contribution in [0, 0.1) is 17.8 Å². The van der Waals surface area contributed by atoms with Crippen LogP contribution in [-0.4, -0.2) is 20.1 Å². The molecule has 0 aromatic heterocycles. The Hall–Kier alpha value is -0.730. The minimum atomic E-state index is 0.669. The normalized spacial score (nSPS) is 21.3. The molecule has 1 aliphatic carbocycles. The van der Waals surface area contributed by atoms with Gasteiger partial charge in [-0.15, -0.1) is 0 Å². The first kappa shape index (κ1) is 15.7. The van der Waals surface area contributed by atoms with Crippen LogP contribution < -0.4 is 10.2 Å². The zero-order chi connectivity index (χ0) is 14.7. The number of rotatable bonds is 7. The molecule has 2 unspecified atom stereocenters. The van der Waals surface area contributed by atoms with Crippen LogP contribution >= 0.6 is 11.6 Å². The Morgan fingerprint density at radius 3 is 2.70 bits per heavy atom. The molecular formula is C17H27ClN2. The Morgan fingerprint density at radius 1 is 1.40 bits per heavy atom. The van der Waals surface area contributed by atoms with Crippen LogP contribution in [0.3, 0.4) is 0 Å². The second kappa shape index (κ2) is 6.82. The third-order valence-corrected chi connectivity index (χ3v) is 4.34. The predicted molar refractivity (Wildman–Crippen MR) is 88.5 cm³/mol. The summed E-state index contributed by atoms with van der Waals surface area (Å²) in [6.07, 6.45) is 1.37. The molecule has 0 bridgehead atoms. The van der Waals surface area contributed by atoms with Gasteiger partial charge in [-0.3, -0.25) is 0 Å². The van der Waals surface area contributed by atoms with E-state index >= 15 is 0 Å². The highest BCUT2D eigenvalue weighted by molar-refractivity contribution is 6.30. The van der Waals surface area contributed by atoms with E-state index in [-0.39, 0.29) is 0 Å². The van der Waals surface area contributed by atoms with Crippen molar-refractivity contribution in [3.8, 4) is 0 Å². The number of halogens is 1. The largest absolute Gasteiger partial charge is 0.374 e. The zero-order valence-corrected chi connectivity index (χ0v) is 13.9. The van der Waals surface area contributed by atoms with Crippen molar-refractivity contribution in [1.29, 1.82) is 0 Å². The first-order chi connectivity index (χ1) is 9.47. The summed E-state index contributed by atoms with van der Waals surface area (Å²) >= 11 is 6.16. The zero-order valence-electron chi connectivity index (χ0n) is 13.1. The summed E-state index contributed by atoms with van der Waals surface area (Å²) in [4.78, 5) is 2.39. The van der Waals surface area contributed by atoms with Gasteiger partial charge in [0.25, 0.3) is 0 Å². The van der Waals surface area contributed by atoms with Gasteiger partial charge in [0.2, 0.25) is 0 Å². The lowest BCUT2D eigenvalue weighted by Crippen LogP contribution is -2.24. The fourth-order valence-electron chi connectivity index (χ4n) is 2.67. The molecule has 1 aromatic carbocycles. The molecule has 2 atom stereocenters. The lowest BCUT2D eigenvalue weighted by atomic mass is 10.1. The lowest BCUT2D eigenvalue weighted by molar-refractivity contribution is 0.552. The van der Waals surface area contributed by atoms with E-state index in [1.165, 1.54) is 17.7 Å². The molecule has 2 rings (SSSR count). The van der Waals surface area contributed by atoms with Crippen molar-refractivity contribution in [2.75, 3.05) is 25.0 Å². The molecule has 2 nitrogen and oxygen atoms in total. The number of nitrogens with one attached hydrogen (secondary N) is 1. The summed E-state index contributed by atoms with van der Waals surface area (Å²) < 4.78 is 0. The maximum Gasteiger partial charge on any atom is 0.0410 e. The third kappa shape index (κ3) is 4.39. The second-order valence-electron chi connectivity index (χ2n) is 6.65. The molecule has 0 aliphatic heterocycles. The van der Waals surface area contributed by atoms with Gasteiger partial charge in [0, 0.05) is 30.8 Å². The van der Waals surface area contributed by atoms with Crippen LogP contribution in [0.15, 0.2) is 18.2 Å². The molecule has 0 radical (unpaired) electrons. The lowest BCUT2D eigenvalue weighted by Gasteiger charge is -2.23. The molecule has 0 heterocycles. The van der Waals surface area contributed by atoms with Crippen LogP contribution in [0.5, 0.6) is 0 Å². The average Bonchev–Trinajstić information content (AvgIpc) is 3.04. The van der Waals surface area contributed by atoms with Crippen LogP contribution in [0.2, 0.25) is 5.02 Å². The number of anilines is 1. The third-order valence-electron chi connectivity index (χ3n) is 4.11. The van der Waals surface area contributed by atoms with Gasteiger partial charge in [0.05, 0.1) is 0 Å². The minimum Gasteiger partial charge on any atom is -0.374 e. The summed E-state index contributed by atoms with van der Waals surface area (Å²) in [6, 6.07) is 6.24. The number of hydrogen-bond acceptors (Lipinski definition) is 2. The highest BCUT2D eigenvalue weighted by Gasteiger charge is 2.33. The quantitative estimate of drug-likeness (QED) is 0.811. The molecule has 1 fully saturated rings. The van der Waals surface area contributed by atoms with Gasteiger partial charge in [-0.1, -0.05) is 32.4 Å². The smallest absolute Gasteiger partial charge is 0.0410 e. The number of hydrogen-bond donors (Lipinski definition) is 1. The van der Waals surface area contributed by atoms with Crippen molar-refractivity contribution in [3.05, 3.63) is 28.8 Å². The topological polar surface area (TPSA) is 15.3 Å². The van der Waals surface area contributed by atoms with Crippen molar-refractivity contribution in [2.24, 2.45) is 17.8 Å². The van der Waals surface area contributed by atoms with E-state index < -0.39 is 0 Å². The SMILES string of the molecule is CC(C)CNCc1cc(Cl)ccc1N(C)CC1CC1C. The van der Waals surface area contributed by atoms with E-state index in [4.69, 9.17) is 11.6 Å². The Kier molecular flexibility index (Phi) is 5.34. The van der Waals surface area contributed by atoms with Crippen LogP contribution in [0.25, 0.3) is 0 Å². The highest BCUT2D eigenvalue weighted by Crippen LogP contribution is 2.39. The maximum atomic E-state index is 6.16. The number of benzene rings is 1. The molecule has 3 heteroatoms. The summed E-state index contributed by atoms with van der Waals surface area (Å²) in [5.74, 6) is 2.43. The Balaban J connectivity index is 2.02. The Labute approximate surface area is 128 Å². The van der Waals surface area contributed by atoms with E-state index in [0.29, 0.717) is 5.92 Å². The van der Waals surface area contributed by atoms with Crippen molar-refractivity contribution in [1.82, 2.24) is 5.32 Å². The molecule has 1 saturated carbocycles. The standard InChI is InChI=1S/C17H27ClN2/c1-12(2)9-19-10-14-8-16(18)5-6-17(14)20(4)11-15-7-13(15)3/h5-6,8,12-13,15,19H,7,9-11H2,1-4H3. The molecule has 20 heavy (non-hydrogen) atoms. The monoisotopic (exact) mass is 294 g/mol. The van der Waals surface area contributed by atoms with Crippen molar-refractivity contribution in [2.45, 2.75) is 33.7 Å². The first-order valence-corrected chi connectivity index (χ1v) is 8.05. The van der Waals surface area contributed by atoms with E-state index in [9.17, 15) is 0 Å². The van der Waals surface area contributed by atoms with Gasteiger partial charge in [0.1, 0.15) is 0 Å². The molecule has 0 amide bonds. The van der Waals surface area contributed by atoms with Gasteiger partial charge >= 0.3 is 0 Å². The van der Waals surface area contributed by atoms with Gasteiger partial charge in [-0.25, -0.2) is 0 Å². The molecule has 0 saturated heterocycles. The van der Waals surface area contributed by atoms with Gasteiger partial charge in [-0.2, -0.15) is 0 Å². The average molecular weight is 295 g/mol. The molecule has 1 aliphatic rings. The Bertz CT molecular complexity index is 445. The van der Waals surface area contributed by atoms with Gasteiger partial charge in [-0.05, 0) is 54.5 Å². The van der Waals surface area contributed by atoms with Crippen molar-refractivity contribution in [3.63, 3.8) is 0 Å². The predicted octanol–water partition coefficient (Wildman–Crippen LogP) is 4.18. The van der Waals surface area contributed by atoms with Crippen molar-refractivity contribution >= 4 is 17.3 Å². The molecule has 1 aromatic rings. The summed E-state index contributed by atoms with van der Waals surface area (Å²) in [7, 11) is 2.19. The molecule has 1 N–H and O–H groups in total. The van der Waals surface area contributed by atoms with E-state index in [2.05, 4.69) is 50.2 Å². The summed E-state index contributed by atoms with van der Waals surface area (Å²) in [6.45, 7) is 9.87.